The highest BCUT2D eigenvalue weighted by molar-refractivity contribution is 5.07. The van der Waals surface area contributed by atoms with Crippen LogP contribution < -0.4 is 0 Å². The Morgan fingerprint density at radius 1 is 1.33 bits per heavy atom. The second-order valence-corrected chi connectivity index (χ2v) is 3.11. The Balaban J connectivity index is 2.96. The number of halogens is 1. The number of aromatic nitrogens is 2. The highest BCUT2D eigenvalue weighted by atomic mass is 19.1. The maximum absolute atomic E-state index is 12.8. The molecule has 0 saturated heterocycles. The molecule has 1 atom stereocenters. The zero-order valence-corrected chi connectivity index (χ0v) is 7.58. The molecule has 2 nitrogen and oxygen atoms in total. The van der Waals surface area contributed by atoms with Gasteiger partial charge >= 0.3 is 0 Å². The third-order valence-corrected chi connectivity index (χ3v) is 1.64. The Bertz CT molecular complexity index is 235. The molecule has 1 heterocycles. The molecule has 0 aliphatic rings. The lowest BCUT2D eigenvalue weighted by molar-refractivity contribution is 0.355. The summed E-state index contributed by atoms with van der Waals surface area (Å²) in [5.74, 6) is 0.603. The fraction of sp³-hybridized carbons (Fsp3) is 0.556. The molecular formula is C9H13FN2. The normalized spacial score (nSPS) is 13.4. The molecule has 0 aliphatic heterocycles. The summed E-state index contributed by atoms with van der Waals surface area (Å²) < 4.78 is 12.8. The Hall–Kier alpha value is -0.990. The highest BCUT2D eigenvalue weighted by Crippen LogP contribution is 2.15. The van der Waals surface area contributed by atoms with Gasteiger partial charge in [0.2, 0.25) is 0 Å². The van der Waals surface area contributed by atoms with Crippen molar-refractivity contribution < 1.29 is 4.39 Å². The van der Waals surface area contributed by atoms with Gasteiger partial charge in [0.25, 0.3) is 0 Å². The summed E-state index contributed by atoms with van der Waals surface area (Å²) >= 11 is 0. The molecule has 1 aromatic rings. The van der Waals surface area contributed by atoms with Gasteiger partial charge < -0.3 is 0 Å². The SMILES string of the molecule is CC(C)c1ccnc(C(C)F)n1. The molecule has 0 radical (unpaired) electrons. The van der Waals surface area contributed by atoms with Crippen molar-refractivity contribution in [1.29, 1.82) is 0 Å². The van der Waals surface area contributed by atoms with E-state index in [1.807, 2.05) is 19.9 Å². The summed E-state index contributed by atoms with van der Waals surface area (Å²) in [7, 11) is 0. The van der Waals surface area contributed by atoms with Crippen molar-refractivity contribution in [1.82, 2.24) is 9.97 Å². The average molecular weight is 168 g/mol. The van der Waals surface area contributed by atoms with Gasteiger partial charge in [-0.2, -0.15) is 0 Å². The van der Waals surface area contributed by atoms with Gasteiger partial charge in [0.05, 0.1) is 0 Å². The van der Waals surface area contributed by atoms with Crippen molar-refractivity contribution in [3.05, 3.63) is 23.8 Å². The molecule has 0 bridgehead atoms. The summed E-state index contributed by atoms with van der Waals surface area (Å²) in [6.07, 6.45) is 0.525. The topological polar surface area (TPSA) is 25.8 Å². The first-order valence-corrected chi connectivity index (χ1v) is 4.08. The third-order valence-electron chi connectivity index (χ3n) is 1.64. The number of hydrogen-bond donors (Lipinski definition) is 0. The molecule has 0 fully saturated rings. The minimum atomic E-state index is -1.08. The smallest absolute Gasteiger partial charge is 0.162 e. The highest BCUT2D eigenvalue weighted by Gasteiger charge is 2.08. The van der Waals surface area contributed by atoms with Gasteiger partial charge in [-0.1, -0.05) is 13.8 Å². The van der Waals surface area contributed by atoms with Crippen LogP contribution in [0.5, 0.6) is 0 Å². The zero-order valence-electron chi connectivity index (χ0n) is 7.58. The Kier molecular flexibility index (Phi) is 2.74. The van der Waals surface area contributed by atoms with Crippen LogP contribution >= 0.6 is 0 Å². The van der Waals surface area contributed by atoms with E-state index in [2.05, 4.69) is 9.97 Å². The van der Waals surface area contributed by atoms with Gasteiger partial charge in [-0.25, -0.2) is 14.4 Å². The fourth-order valence-corrected chi connectivity index (χ4v) is 0.902. The lowest BCUT2D eigenvalue weighted by Crippen LogP contribution is -2.00. The molecule has 12 heavy (non-hydrogen) atoms. The minimum absolute atomic E-state index is 0.279. The van der Waals surface area contributed by atoms with E-state index in [1.54, 1.807) is 6.20 Å². The molecule has 1 aromatic heterocycles. The molecule has 0 aromatic carbocycles. The van der Waals surface area contributed by atoms with Crippen LogP contribution in [0.3, 0.4) is 0 Å². The largest absolute Gasteiger partial charge is 0.239 e. The fourth-order valence-electron chi connectivity index (χ4n) is 0.902. The molecule has 1 unspecified atom stereocenters. The van der Waals surface area contributed by atoms with E-state index in [-0.39, 0.29) is 5.82 Å². The average Bonchev–Trinajstić information content (AvgIpc) is 2.04. The van der Waals surface area contributed by atoms with E-state index in [1.165, 1.54) is 6.92 Å². The van der Waals surface area contributed by atoms with Crippen molar-refractivity contribution in [3.8, 4) is 0 Å². The van der Waals surface area contributed by atoms with Gasteiger partial charge in [0, 0.05) is 11.9 Å². The van der Waals surface area contributed by atoms with Crippen molar-refractivity contribution in [3.63, 3.8) is 0 Å². The van der Waals surface area contributed by atoms with Crippen LogP contribution in [0.4, 0.5) is 4.39 Å². The second kappa shape index (κ2) is 3.61. The van der Waals surface area contributed by atoms with Crippen LogP contribution in [0.1, 0.15) is 44.4 Å². The minimum Gasteiger partial charge on any atom is -0.239 e. The summed E-state index contributed by atoms with van der Waals surface area (Å²) in [6.45, 7) is 5.49. The molecule has 3 heteroatoms. The van der Waals surface area contributed by atoms with Crippen molar-refractivity contribution in [2.45, 2.75) is 32.9 Å². The summed E-state index contributed by atoms with van der Waals surface area (Å²) in [4.78, 5) is 7.92. The van der Waals surface area contributed by atoms with E-state index >= 15 is 0 Å². The number of alkyl halides is 1. The Morgan fingerprint density at radius 2 is 2.00 bits per heavy atom. The first-order chi connectivity index (χ1) is 5.61. The van der Waals surface area contributed by atoms with Crippen molar-refractivity contribution in [2.75, 3.05) is 0 Å². The predicted octanol–water partition coefficient (Wildman–Crippen LogP) is 2.63. The quantitative estimate of drug-likeness (QED) is 0.678. The van der Waals surface area contributed by atoms with Crippen molar-refractivity contribution in [2.24, 2.45) is 0 Å². The summed E-state index contributed by atoms with van der Waals surface area (Å²) in [5, 5.41) is 0. The van der Waals surface area contributed by atoms with Crippen molar-refractivity contribution >= 4 is 0 Å². The van der Waals surface area contributed by atoms with Crippen LogP contribution in [0.2, 0.25) is 0 Å². The lowest BCUT2D eigenvalue weighted by atomic mass is 10.1. The molecule has 0 spiro atoms. The third kappa shape index (κ3) is 2.00. The summed E-state index contributed by atoms with van der Waals surface area (Å²) in [5.41, 5.74) is 0.893. The van der Waals surface area contributed by atoms with E-state index < -0.39 is 6.17 Å². The second-order valence-electron chi connectivity index (χ2n) is 3.11. The van der Waals surface area contributed by atoms with Crippen LogP contribution in [0, 0.1) is 0 Å². The van der Waals surface area contributed by atoms with Crippen LogP contribution in [-0.4, -0.2) is 9.97 Å². The zero-order chi connectivity index (χ0) is 9.14. The van der Waals surface area contributed by atoms with E-state index in [9.17, 15) is 4.39 Å². The van der Waals surface area contributed by atoms with Gasteiger partial charge in [-0.05, 0) is 18.9 Å². The molecular weight excluding hydrogens is 155 g/mol. The van der Waals surface area contributed by atoms with Gasteiger partial charge in [0.15, 0.2) is 12.0 Å². The molecule has 0 N–H and O–H groups in total. The predicted molar refractivity (Wildman–Crippen MR) is 45.6 cm³/mol. The Labute approximate surface area is 71.9 Å². The lowest BCUT2D eigenvalue weighted by Gasteiger charge is -2.06. The first kappa shape index (κ1) is 9.10. The molecule has 0 aliphatic carbocycles. The monoisotopic (exact) mass is 168 g/mol. The molecule has 0 saturated carbocycles. The van der Waals surface area contributed by atoms with E-state index in [0.29, 0.717) is 5.92 Å². The standard InChI is InChI=1S/C9H13FN2/c1-6(2)8-4-5-11-9(12-8)7(3)10/h4-7H,1-3H3. The molecule has 1 rings (SSSR count). The van der Waals surface area contributed by atoms with Crippen LogP contribution in [-0.2, 0) is 0 Å². The van der Waals surface area contributed by atoms with E-state index in [4.69, 9.17) is 0 Å². The van der Waals surface area contributed by atoms with Gasteiger partial charge in [0.1, 0.15) is 0 Å². The van der Waals surface area contributed by atoms with Gasteiger partial charge in [-0.3, -0.25) is 0 Å². The van der Waals surface area contributed by atoms with Crippen LogP contribution in [0.25, 0.3) is 0 Å². The Morgan fingerprint density at radius 3 is 2.50 bits per heavy atom. The van der Waals surface area contributed by atoms with Crippen LogP contribution in [0.15, 0.2) is 12.3 Å². The molecule has 0 amide bonds. The maximum atomic E-state index is 12.8. The van der Waals surface area contributed by atoms with E-state index in [0.717, 1.165) is 5.69 Å². The number of rotatable bonds is 2. The summed E-state index contributed by atoms with van der Waals surface area (Å²) in [6, 6.07) is 1.82. The maximum Gasteiger partial charge on any atom is 0.162 e. The number of nitrogens with zero attached hydrogens (tertiary/aromatic N) is 2. The first-order valence-electron chi connectivity index (χ1n) is 4.08. The van der Waals surface area contributed by atoms with Gasteiger partial charge in [-0.15, -0.1) is 0 Å². The molecule has 66 valence electrons. The number of hydrogen-bond acceptors (Lipinski definition) is 2.